The summed E-state index contributed by atoms with van der Waals surface area (Å²) < 4.78 is 33.8. The average molecular weight is 607 g/mol. The van der Waals surface area contributed by atoms with Gasteiger partial charge in [-0.05, 0) is 61.4 Å². The number of methoxy groups -OCH3 is 1. The van der Waals surface area contributed by atoms with Gasteiger partial charge in [0, 0.05) is 18.1 Å². The molecule has 0 saturated heterocycles. The zero-order valence-electron chi connectivity index (χ0n) is 22.6. The number of benzene rings is 3. The first kappa shape index (κ1) is 31.3. The number of hydrogen-bond acceptors (Lipinski definition) is 5. The highest BCUT2D eigenvalue weighted by molar-refractivity contribution is 7.92. The number of amides is 2. The van der Waals surface area contributed by atoms with Crippen molar-refractivity contribution in [1.82, 2.24) is 10.2 Å². The summed E-state index contributed by atoms with van der Waals surface area (Å²) in [4.78, 5) is 28.3. The lowest BCUT2D eigenvalue weighted by Crippen LogP contribution is -2.51. The minimum Gasteiger partial charge on any atom is -0.495 e. The molecule has 0 radical (unpaired) electrons. The van der Waals surface area contributed by atoms with Crippen molar-refractivity contribution in [2.45, 2.75) is 44.2 Å². The summed E-state index contributed by atoms with van der Waals surface area (Å²) >= 11 is 12.5. The molecule has 0 saturated carbocycles. The van der Waals surface area contributed by atoms with E-state index in [4.69, 9.17) is 27.9 Å². The van der Waals surface area contributed by atoms with Gasteiger partial charge in [-0.15, -0.1) is 0 Å². The molecule has 3 rings (SSSR count). The Balaban J connectivity index is 2.02. The number of carbonyl (C=O) groups excluding carboxylic acids is 2. The molecule has 8 nitrogen and oxygen atoms in total. The quantitative estimate of drug-likeness (QED) is 0.258. The zero-order chi connectivity index (χ0) is 29.3. The minimum atomic E-state index is -4.20. The van der Waals surface area contributed by atoms with Crippen LogP contribution in [0.15, 0.2) is 77.7 Å². The molecule has 0 unspecified atom stereocenters. The number of carbonyl (C=O) groups is 2. The average Bonchev–Trinajstić information content (AvgIpc) is 2.94. The Morgan fingerprint density at radius 2 is 1.73 bits per heavy atom. The van der Waals surface area contributed by atoms with Gasteiger partial charge in [-0.2, -0.15) is 0 Å². The molecular formula is C29H33Cl2N3O5S. The molecule has 3 aromatic carbocycles. The number of nitrogens with one attached hydrogen (secondary N) is 1. The van der Waals surface area contributed by atoms with Gasteiger partial charge in [-0.3, -0.25) is 13.9 Å². The maximum Gasteiger partial charge on any atom is 0.264 e. The molecule has 0 aliphatic rings. The number of unbranched alkanes of at least 4 members (excludes halogenated alkanes) is 1. The van der Waals surface area contributed by atoms with Crippen molar-refractivity contribution in [3.8, 4) is 5.75 Å². The van der Waals surface area contributed by atoms with Crippen molar-refractivity contribution in [1.29, 1.82) is 0 Å². The van der Waals surface area contributed by atoms with Crippen LogP contribution in [0.5, 0.6) is 5.75 Å². The van der Waals surface area contributed by atoms with Crippen molar-refractivity contribution in [2.24, 2.45) is 0 Å². The van der Waals surface area contributed by atoms with Crippen molar-refractivity contribution in [2.75, 3.05) is 24.5 Å². The summed E-state index contributed by atoms with van der Waals surface area (Å²) in [6, 6.07) is 18.3. The Morgan fingerprint density at radius 1 is 1.00 bits per heavy atom. The topological polar surface area (TPSA) is 96.0 Å². The maximum atomic E-state index is 13.9. The third kappa shape index (κ3) is 7.90. The Labute approximate surface area is 245 Å². The fourth-order valence-corrected chi connectivity index (χ4v) is 5.90. The second kappa shape index (κ2) is 14.4. The number of sulfonamides is 1. The first-order chi connectivity index (χ1) is 19.1. The van der Waals surface area contributed by atoms with E-state index in [0.717, 1.165) is 17.1 Å². The van der Waals surface area contributed by atoms with E-state index in [1.165, 1.54) is 42.3 Å². The Bertz CT molecular complexity index is 1420. The fourth-order valence-electron chi connectivity index (χ4n) is 4.01. The van der Waals surface area contributed by atoms with Crippen LogP contribution in [-0.2, 0) is 26.2 Å². The van der Waals surface area contributed by atoms with Gasteiger partial charge >= 0.3 is 0 Å². The summed E-state index contributed by atoms with van der Waals surface area (Å²) in [6.45, 7) is 3.57. The van der Waals surface area contributed by atoms with Gasteiger partial charge in [0.25, 0.3) is 10.0 Å². The summed E-state index contributed by atoms with van der Waals surface area (Å²) in [5, 5.41) is 3.51. The number of halogens is 2. The Morgan fingerprint density at radius 3 is 2.35 bits per heavy atom. The maximum absolute atomic E-state index is 13.9. The van der Waals surface area contributed by atoms with Crippen molar-refractivity contribution in [3.05, 3.63) is 88.4 Å². The van der Waals surface area contributed by atoms with Crippen LogP contribution in [0.1, 0.15) is 32.3 Å². The van der Waals surface area contributed by atoms with E-state index in [0.29, 0.717) is 22.9 Å². The van der Waals surface area contributed by atoms with Crippen LogP contribution in [0.4, 0.5) is 5.69 Å². The van der Waals surface area contributed by atoms with Gasteiger partial charge in [0.2, 0.25) is 11.8 Å². The van der Waals surface area contributed by atoms with Crippen LogP contribution in [0.3, 0.4) is 0 Å². The monoisotopic (exact) mass is 605 g/mol. The lowest BCUT2D eigenvalue weighted by molar-refractivity contribution is -0.139. The highest BCUT2D eigenvalue weighted by atomic mass is 35.5. The van der Waals surface area contributed by atoms with Gasteiger partial charge in [-0.25, -0.2) is 8.42 Å². The van der Waals surface area contributed by atoms with Crippen LogP contribution in [0, 0.1) is 0 Å². The number of nitrogens with zero attached hydrogens (tertiary/aromatic N) is 2. The van der Waals surface area contributed by atoms with E-state index < -0.39 is 28.5 Å². The fraction of sp³-hybridized carbons (Fsp3) is 0.310. The minimum absolute atomic E-state index is 0.00138. The normalized spacial score (nSPS) is 11.9. The van der Waals surface area contributed by atoms with Crippen LogP contribution in [0.25, 0.3) is 0 Å². The van der Waals surface area contributed by atoms with Crippen molar-refractivity contribution < 1.29 is 22.7 Å². The van der Waals surface area contributed by atoms with Crippen LogP contribution in [0.2, 0.25) is 10.0 Å². The molecule has 1 N–H and O–H groups in total. The standard InChI is InChI=1S/C29H33Cl2N3O5S/c1-4-5-16-32-29(36)21(2)33(19-22-10-9-11-23(30)17-22)28(35)20-34(24-14-15-27(39-3)26(31)18-24)40(37,38)25-12-7-6-8-13-25/h6-15,17-18,21H,4-5,16,19-20H2,1-3H3,(H,32,36)/t21-/m1/s1. The molecule has 11 heteroatoms. The van der Waals surface area contributed by atoms with E-state index in [1.54, 1.807) is 49.4 Å². The predicted molar refractivity (Wildman–Crippen MR) is 158 cm³/mol. The predicted octanol–water partition coefficient (Wildman–Crippen LogP) is 5.53. The number of anilines is 1. The molecule has 0 aliphatic heterocycles. The highest BCUT2D eigenvalue weighted by Crippen LogP contribution is 2.32. The Hall–Kier alpha value is -3.27. The summed E-state index contributed by atoms with van der Waals surface area (Å²) in [5.74, 6) is -0.563. The molecule has 0 spiro atoms. The molecule has 0 heterocycles. The molecule has 2 amide bonds. The summed E-state index contributed by atoms with van der Waals surface area (Å²) in [5.41, 5.74) is 0.866. The van der Waals surface area contributed by atoms with Gasteiger partial charge < -0.3 is 15.0 Å². The van der Waals surface area contributed by atoms with E-state index >= 15 is 0 Å². The smallest absolute Gasteiger partial charge is 0.264 e. The largest absolute Gasteiger partial charge is 0.495 e. The summed E-state index contributed by atoms with van der Waals surface area (Å²) in [6.07, 6.45) is 1.69. The first-order valence-corrected chi connectivity index (χ1v) is 15.0. The van der Waals surface area contributed by atoms with Crippen LogP contribution >= 0.6 is 23.2 Å². The molecule has 0 aliphatic carbocycles. The second-order valence-corrected chi connectivity index (χ2v) is 11.8. The number of ether oxygens (including phenoxy) is 1. The van der Waals surface area contributed by atoms with Crippen molar-refractivity contribution in [3.63, 3.8) is 0 Å². The summed E-state index contributed by atoms with van der Waals surface area (Å²) in [7, 11) is -2.75. The lowest BCUT2D eigenvalue weighted by atomic mass is 10.1. The van der Waals surface area contributed by atoms with Gasteiger partial charge in [0.15, 0.2) is 0 Å². The molecule has 1 atom stereocenters. The van der Waals surface area contributed by atoms with E-state index in [2.05, 4.69) is 5.32 Å². The van der Waals surface area contributed by atoms with E-state index in [-0.39, 0.29) is 28.1 Å². The molecule has 3 aromatic rings. The third-order valence-electron chi connectivity index (χ3n) is 6.27. The second-order valence-electron chi connectivity index (χ2n) is 9.12. The third-order valence-corrected chi connectivity index (χ3v) is 8.59. The van der Waals surface area contributed by atoms with E-state index in [9.17, 15) is 18.0 Å². The Kier molecular flexibility index (Phi) is 11.2. The van der Waals surface area contributed by atoms with Crippen LogP contribution in [-0.4, -0.2) is 51.4 Å². The SMILES string of the molecule is CCCCNC(=O)[C@@H](C)N(Cc1cccc(Cl)c1)C(=O)CN(c1ccc(OC)c(Cl)c1)S(=O)(=O)c1ccccc1. The molecule has 0 bridgehead atoms. The first-order valence-electron chi connectivity index (χ1n) is 12.8. The molecule has 40 heavy (non-hydrogen) atoms. The van der Waals surface area contributed by atoms with E-state index in [1.807, 2.05) is 6.92 Å². The molecule has 0 aromatic heterocycles. The van der Waals surface area contributed by atoms with Gasteiger partial charge in [0.1, 0.15) is 18.3 Å². The lowest BCUT2D eigenvalue weighted by Gasteiger charge is -2.32. The molecule has 0 fully saturated rings. The highest BCUT2D eigenvalue weighted by Gasteiger charge is 2.32. The zero-order valence-corrected chi connectivity index (χ0v) is 25.0. The number of hydrogen-bond donors (Lipinski definition) is 1. The van der Waals surface area contributed by atoms with Crippen LogP contribution < -0.4 is 14.4 Å². The molecule has 214 valence electrons. The number of rotatable bonds is 13. The van der Waals surface area contributed by atoms with Gasteiger partial charge in [0.05, 0.1) is 22.7 Å². The molecular weight excluding hydrogens is 573 g/mol. The van der Waals surface area contributed by atoms with Crippen molar-refractivity contribution >= 4 is 50.7 Å². The van der Waals surface area contributed by atoms with Gasteiger partial charge in [-0.1, -0.05) is 66.9 Å².